The van der Waals surface area contributed by atoms with Gasteiger partial charge in [-0.15, -0.1) is 0 Å². The fourth-order valence-electron chi connectivity index (χ4n) is 1.95. The first kappa shape index (κ1) is 11.9. The number of hydrogen-bond donors (Lipinski definition) is 1. The van der Waals surface area contributed by atoms with Crippen LogP contribution in [0, 0.1) is 11.3 Å². The molecule has 0 aliphatic heterocycles. The van der Waals surface area contributed by atoms with E-state index < -0.39 is 0 Å². The average Bonchev–Trinajstić information content (AvgIpc) is 2.96. The number of aromatic nitrogens is 2. The van der Waals surface area contributed by atoms with E-state index in [9.17, 15) is 4.79 Å². The van der Waals surface area contributed by atoms with Crippen LogP contribution in [0.2, 0.25) is 0 Å². The van der Waals surface area contributed by atoms with E-state index in [1.807, 2.05) is 12.3 Å². The maximum Gasteiger partial charge on any atom is 0.259 e. The van der Waals surface area contributed by atoms with Crippen molar-refractivity contribution in [2.45, 2.75) is 0 Å². The van der Waals surface area contributed by atoms with Gasteiger partial charge in [-0.2, -0.15) is 5.26 Å². The van der Waals surface area contributed by atoms with Gasteiger partial charge >= 0.3 is 0 Å². The predicted octanol–water partition coefficient (Wildman–Crippen LogP) is 2.46. The number of nitrogens with zero attached hydrogens (tertiary/aromatic N) is 3. The van der Waals surface area contributed by atoms with Crippen LogP contribution in [0.25, 0.3) is 5.65 Å². The minimum atomic E-state index is -0.230. The summed E-state index contributed by atoms with van der Waals surface area (Å²) in [6, 6.07) is 12.3. The van der Waals surface area contributed by atoms with Gasteiger partial charge in [0.2, 0.25) is 0 Å². The van der Waals surface area contributed by atoms with Crippen molar-refractivity contribution in [3.63, 3.8) is 0 Å². The van der Waals surface area contributed by atoms with Gasteiger partial charge in [0, 0.05) is 24.3 Å². The van der Waals surface area contributed by atoms with Crippen LogP contribution < -0.4 is 5.32 Å². The number of hydrogen-bond acceptors (Lipinski definition) is 3. The summed E-state index contributed by atoms with van der Waals surface area (Å²) in [5.74, 6) is -0.230. The highest BCUT2D eigenvalue weighted by Gasteiger charge is 2.11. The van der Waals surface area contributed by atoms with E-state index >= 15 is 0 Å². The Bertz CT molecular complexity index is 812. The highest BCUT2D eigenvalue weighted by molar-refractivity contribution is 6.08. The minimum absolute atomic E-state index is 0.230. The molecule has 0 unspecified atom stereocenters. The number of imidazole rings is 1. The third kappa shape index (κ3) is 2.10. The molecule has 3 rings (SSSR count). The number of amides is 1. The topological polar surface area (TPSA) is 70.2 Å². The van der Waals surface area contributed by atoms with Crippen LogP contribution in [0.3, 0.4) is 0 Å². The minimum Gasteiger partial charge on any atom is -0.322 e. The van der Waals surface area contributed by atoms with Crippen molar-refractivity contribution in [3.05, 3.63) is 66.1 Å². The molecule has 0 aliphatic carbocycles. The van der Waals surface area contributed by atoms with Crippen LogP contribution >= 0.6 is 0 Å². The average molecular weight is 262 g/mol. The maximum absolute atomic E-state index is 12.3. The van der Waals surface area contributed by atoms with E-state index in [1.165, 1.54) is 0 Å². The SMILES string of the molecule is N#Cc1ccc(NC(=O)c2cccn3ccnc23)cc1. The van der Waals surface area contributed by atoms with Crippen LogP contribution in [0.4, 0.5) is 5.69 Å². The fraction of sp³-hybridized carbons (Fsp3) is 0. The second-order valence-corrected chi connectivity index (χ2v) is 4.22. The van der Waals surface area contributed by atoms with Crippen molar-refractivity contribution >= 4 is 17.2 Å². The molecule has 3 aromatic rings. The van der Waals surface area contributed by atoms with Gasteiger partial charge in [0.15, 0.2) is 0 Å². The predicted molar refractivity (Wildman–Crippen MR) is 74.3 cm³/mol. The van der Waals surface area contributed by atoms with Crippen molar-refractivity contribution < 1.29 is 4.79 Å². The molecule has 0 bridgehead atoms. The van der Waals surface area contributed by atoms with Crippen molar-refractivity contribution in [3.8, 4) is 6.07 Å². The van der Waals surface area contributed by atoms with Gasteiger partial charge in [-0.05, 0) is 36.4 Å². The highest BCUT2D eigenvalue weighted by Crippen LogP contribution is 2.13. The van der Waals surface area contributed by atoms with Crippen molar-refractivity contribution in [2.75, 3.05) is 5.32 Å². The molecule has 0 saturated heterocycles. The number of benzene rings is 1. The van der Waals surface area contributed by atoms with E-state index in [0.717, 1.165) is 0 Å². The summed E-state index contributed by atoms with van der Waals surface area (Å²) < 4.78 is 1.79. The van der Waals surface area contributed by atoms with Gasteiger partial charge < -0.3 is 9.72 Å². The van der Waals surface area contributed by atoms with E-state index in [-0.39, 0.29) is 5.91 Å². The third-order valence-electron chi connectivity index (χ3n) is 2.94. The first-order valence-electron chi connectivity index (χ1n) is 6.01. The van der Waals surface area contributed by atoms with Crippen LogP contribution in [0.1, 0.15) is 15.9 Å². The second-order valence-electron chi connectivity index (χ2n) is 4.22. The number of carbonyl (C=O) groups is 1. The van der Waals surface area contributed by atoms with Crippen LogP contribution in [0.5, 0.6) is 0 Å². The summed E-state index contributed by atoms with van der Waals surface area (Å²) in [6.45, 7) is 0. The summed E-state index contributed by atoms with van der Waals surface area (Å²) in [6.07, 6.45) is 5.27. The first-order chi connectivity index (χ1) is 9.78. The summed E-state index contributed by atoms with van der Waals surface area (Å²) in [4.78, 5) is 16.4. The lowest BCUT2D eigenvalue weighted by Gasteiger charge is -2.06. The maximum atomic E-state index is 12.3. The third-order valence-corrected chi connectivity index (χ3v) is 2.94. The Kier molecular flexibility index (Phi) is 2.90. The Morgan fingerprint density at radius 1 is 1.20 bits per heavy atom. The number of pyridine rings is 1. The normalized spacial score (nSPS) is 10.2. The van der Waals surface area contributed by atoms with Crippen molar-refractivity contribution in [1.29, 1.82) is 5.26 Å². The monoisotopic (exact) mass is 262 g/mol. The number of nitrogens with one attached hydrogen (secondary N) is 1. The molecule has 0 atom stereocenters. The molecule has 96 valence electrons. The zero-order valence-corrected chi connectivity index (χ0v) is 10.4. The van der Waals surface area contributed by atoms with E-state index in [1.54, 1.807) is 53.2 Å². The summed E-state index contributed by atoms with van der Waals surface area (Å²) in [5, 5.41) is 11.5. The zero-order chi connectivity index (χ0) is 13.9. The van der Waals surface area contributed by atoms with Gasteiger partial charge in [0.05, 0.1) is 17.2 Å². The standard InChI is InChI=1S/C15H10N4O/c16-10-11-3-5-12(6-4-11)18-15(20)13-2-1-8-19-9-7-17-14(13)19/h1-9H,(H,18,20). The van der Waals surface area contributed by atoms with Gasteiger partial charge in [-0.25, -0.2) is 4.98 Å². The molecule has 1 amide bonds. The Morgan fingerprint density at radius 2 is 2.00 bits per heavy atom. The molecular weight excluding hydrogens is 252 g/mol. The largest absolute Gasteiger partial charge is 0.322 e. The van der Waals surface area contributed by atoms with Crippen LogP contribution in [0.15, 0.2) is 55.0 Å². The number of rotatable bonds is 2. The molecule has 2 aromatic heterocycles. The summed E-state index contributed by atoms with van der Waals surface area (Å²) in [5.41, 5.74) is 2.31. The number of nitriles is 1. The number of carbonyl (C=O) groups excluding carboxylic acids is 1. The Hall–Kier alpha value is -3.13. The lowest BCUT2D eigenvalue weighted by atomic mass is 10.2. The molecule has 2 heterocycles. The molecule has 1 N–H and O–H groups in total. The zero-order valence-electron chi connectivity index (χ0n) is 10.4. The molecule has 5 nitrogen and oxygen atoms in total. The molecule has 0 saturated carbocycles. The number of anilines is 1. The molecule has 0 fully saturated rings. The molecule has 0 aliphatic rings. The van der Waals surface area contributed by atoms with Crippen LogP contribution in [-0.2, 0) is 0 Å². The molecule has 20 heavy (non-hydrogen) atoms. The summed E-state index contributed by atoms with van der Waals surface area (Å²) in [7, 11) is 0. The van der Waals surface area contributed by atoms with Crippen LogP contribution in [-0.4, -0.2) is 15.3 Å². The van der Waals surface area contributed by atoms with Gasteiger partial charge in [0.1, 0.15) is 5.65 Å². The van der Waals surface area contributed by atoms with Crippen molar-refractivity contribution in [2.24, 2.45) is 0 Å². The lowest BCUT2D eigenvalue weighted by Crippen LogP contribution is -2.13. The van der Waals surface area contributed by atoms with E-state index in [2.05, 4.69) is 10.3 Å². The molecular formula is C15H10N4O. The summed E-state index contributed by atoms with van der Waals surface area (Å²) >= 11 is 0. The Balaban J connectivity index is 1.89. The first-order valence-corrected chi connectivity index (χ1v) is 6.01. The van der Waals surface area contributed by atoms with E-state index in [0.29, 0.717) is 22.5 Å². The Morgan fingerprint density at radius 3 is 2.75 bits per heavy atom. The smallest absolute Gasteiger partial charge is 0.259 e. The van der Waals surface area contributed by atoms with Crippen molar-refractivity contribution in [1.82, 2.24) is 9.38 Å². The second kappa shape index (κ2) is 4.86. The fourth-order valence-corrected chi connectivity index (χ4v) is 1.95. The quantitative estimate of drug-likeness (QED) is 0.771. The number of fused-ring (bicyclic) bond motifs is 1. The Labute approximate surface area is 115 Å². The molecule has 0 radical (unpaired) electrons. The van der Waals surface area contributed by atoms with Gasteiger partial charge in [-0.1, -0.05) is 0 Å². The molecule has 0 spiro atoms. The highest BCUT2D eigenvalue weighted by atomic mass is 16.1. The molecule has 5 heteroatoms. The lowest BCUT2D eigenvalue weighted by molar-refractivity contribution is 0.102. The van der Waals surface area contributed by atoms with E-state index in [4.69, 9.17) is 5.26 Å². The van der Waals surface area contributed by atoms with Gasteiger partial charge in [0.25, 0.3) is 5.91 Å². The van der Waals surface area contributed by atoms with Gasteiger partial charge in [-0.3, -0.25) is 4.79 Å². The molecule has 1 aromatic carbocycles.